The molecule has 0 spiro atoms. The molecule has 0 aliphatic rings. The van der Waals surface area contributed by atoms with Gasteiger partial charge >= 0.3 is 0 Å². The van der Waals surface area contributed by atoms with Crippen LogP contribution in [0.3, 0.4) is 0 Å². The maximum Gasteiger partial charge on any atom is 0.103 e. The quantitative estimate of drug-likeness (QED) is 0.625. The standard InChI is InChI=1S/C7H11ClN2/c1-4(8)7-5(2)9-6(3)10-7/h4H,1-3H3,(H,9,10). The third kappa shape index (κ3) is 1.32. The normalized spacial score (nSPS) is 13.6. The summed E-state index contributed by atoms with van der Waals surface area (Å²) in [7, 11) is 0. The maximum atomic E-state index is 5.84. The van der Waals surface area contributed by atoms with E-state index in [4.69, 9.17) is 11.6 Å². The molecule has 1 aromatic heterocycles. The number of alkyl halides is 1. The van der Waals surface area contributed by atoms with Crippen LogP contribution in [-0.2, 0) is 0 Å². The second-order valence-corrected chi connectivity index (χ2v) is 3.10. The molecule has 3 heteroatoms. The summed E-state index contributed by atoms with van der Waals surface area (Å²) in [5, 5.41) is 0.00458. The van der Waals surface area contributed by atoms with Gasteiger partial charge < -0.3 is 4.98 Å². The van der Waals surface area contributed by atoms with Crippen LogP contribution in [-0.4, -0.2) is 9.97 Å². The number of aromatic nitrogens is 2. The summed E-state index contributed by atoms with van der Waals surface area (Å²) in [4.78, 5) is 7.32. The first-order valence-corrected chi connectivity index (χ1v) is 3.72. The molecule has 0 fully saturated rings. The van der Waals surface area contributed by atoms with Gasteiger partial charge in [-0.1, -0.05) is 0 Å². The van der Waals surface area contributed by atoms with Gasteiger partial charge in [0, 0.05) is 5.69 Å². The zero-order chi connectivity index (χ0) is 7.72. The molecule has 1 atom stereocenters. The van der Waals surface area contributed by atoms with Gasteiger partial charge in [0.1, 0.15) is 5.82 Å². The van der Waals surface area contributed by atoms with Crippen molar-refractivity contribution >= 4 is 11.6 Å². The predicted octanol–water partition coefficient (Wildman–Crippen LogP) is 2.33. The van der Waals surface area contributed by atoms with Crippen LogP contribution in [0.2, 0.25) is 0 Å². The number of nitrogens with zero attached hydrogens (tertiary/aromatic N) is 1. The molecule has 0 bridgehead atoms. The van der Waals surface area contributed by atoms with E-state index in [9.17, 15) is 0 Å². The predicted molar refractivity (Wildman–Crippen MR) is 42.3 cm³/mol. The van der Waals surface area contributed by atoms with Gasteiger partial charge in [0.2, 0.25) is 0 Å². The number of halogens is 1. The van der Waals surface area contributed by atoms with Gasteiger partial charge in [-0.2, -0.15) is 0 Å². The Morgan fingerprint density at radius 3 is 2.30 bits per heavy atom. The highest BCUT2D eigenvalue weighted by molar-refractivity contribution is 6.20. The molecule has 1 aromatic rings. The third-order valence-corrected chi connectivity index (χ3v) is 1.62. The highest BCUT2D eigenvalue weighted by Crippen LogP contribution is 2.19. The van der Waals surface area contributed by atoms with Crippen LogP contribution in [0, 0.1) is 13.8 Å². The summed E-state index contributed by atoms with van der Waals surface area (Å²) in [6.07, 6.45) is 0. The Morgan fingerprint density at radius 2 is 2.10 bits per heavy atom. The molecule has 1 rings (SSSR count). The number of H-pyrrole nitrogens is 1. The molecule has 0 saturated carbocycles. The molecular weight excluding hydrogens is 148 g/mol. The van der Waals surface area contributed by atoms with Gasteiger partial charge in [0.05, 0.1) is 11.1 Å². The van der Waals surface area contributed by atoms with Crippen molar-refractivity contribution in [3.63, 3.8) is 0 Å². The summed E-state index contributed by atoms with van der Waals surface area (Å²) >= 11 is 5.84. The Balaban J connectivity index is 3.03. The van der Waals surface area contributed by atoms with Crippen LogP contribution < -0.4 is 0 Å². The molecule has 56 valence electrons. The van der Waals surface area contributed by atoms with Crippen LogP contribution in [0.4, 0.5) is 0 Å². The minimum absolute atomic E-state index is 0.00458. The van der Waals surface area contributed by atoms with E-state index in [-0.39, 0.29) is 5.38 Å². The minimum atomic E-state index is 0.00458. The smallest absolute Gasteiger partial charge is 0.103 e. The summed E-state index contributed by atoms with van der Waals surface area (Å²) in [6, 6.07) is 0. The van der Waals surface area contributed by atoms with Crippen molar-refractivity contribution in [1.82, 2.24) is 9.97 Å². The summed E-state index contributed by atoms with van der Waals surface area (Å²) in [5.41, 5.74) is 2.03. The first-order valence-electron chi connectivity index (χ1n) is 3.28. The lowest BCUT2D eigenvalue weighted by atomic mass is 10.3. The van der Waals surface area contributed by atoms with Crippen LogP contribution in [0.1, 0.15) is 29.5 Å². The van der Waals surface area contributed by atoms with Crippen molar-refractivity contribution < 1.29 is 0 Å². The zero-order valence-corrected chi connectivity index (χ0v) is 7.16. The van der Waals surface area contributed by atoms with E-state index in [1.165, 1.54) is 0 Å². The van der Waals surface area contributed by atoms with E-state index in [0.29, 0.717) is 0 Å². The number of hydrogen-bond donors (Lipinski definition) is 1. The molecule has 0 aliphatic carbocycles. The molecule has 0 radical (unpaired) electrons. The summed E-state index contributed by atoms with van der Waals surface area (Å²) in [5.74, 6) is 0.931. The summed E-state index contributed by atoms with van der Waals surface area (Å²) < 4.78 is 0. The second kappa shape index (κ2) is 2.62. The van der Waals surface area contributed by atoms with Gasteiger partial charge in [0.15, 0.2) is 0 Å². The van der Waals surface area contributed by atoms with Crippen molar-refractivity contribution in [2.24, 2.45) is 0 Å². The van der Waals surface area contributed by atoms with Gasteiger partial charge in [-0.25, -0.2) is 4.98 Å². The van der Waals surface area contributed by atoms with Crippen LogP contribution >= 0.6 is 11.6 Å². The number of rotatable bonds is 1. The van der Waals surface area contributed by atoms with E-state index in [1.54, 1.807) is 0 Å². The third-order valence-electron chi connectivity index (χ3n) is 1.42. The Morgan fingerprint density at radius 1 is 1.50 bits per heavy atom. The van der Waals surface area contributed by atoms with E-state index in [1.807, 2.05) is 20.8 Å². The number of nitrogens with one attached hydrogen (secondary N) is 1. The molecule has 0 aliphatic heterocycles. The fourth-order valence-electron chi connectivity index (χ4n) is 1.02. The summed E-state index contributed by atoms with van der Waals surface area (Å²) in [6.45, 7) is 5.83. The van der Waals surface area contributed by atoms with Crippen LogP contribution in [0.15, 0.2) is 0 Å². The Labute approximate surface area is 65.6 Å². The number of imidazole rings is 1. The lowest BCUT2D eigenvalue weighted by Crippen LogP contribution is -1.86. The molecule has 10 heavy (non-hydrogen) atoms. The fourth-order valence-corrected chi connectivity index (χ4v) is 1.23. The van der Waals surface area contributed by atoms with E-state index >= 15 is 0 Å². The SMILES string of the molecule is Cc1nc(C(C)Cl)c(C)[nH]1. The largest absolute Gasteiger partial charge is 0.346 e. The number of hydrogen-bond acceptors (Lipinski definition) is 1. The topological polar surface area (TPSA) is 28.7 Å². The van der Waals surface area contributed by atoms with E-state index < -0.39 is 0 Å². The highest BCUT2D eigenvalue weighted by Gasteiger charge is 2.08. The number of aromatic amines is 1. The molecule has 2 nitrogen and oxygen atoms in total. The second-order valence-electron chi connectivity index (χ2n) is 2.45. The van der Waals surface area contributed by atoms with Gasteiger partial charge in [-0.05, 0) is 20.8 Å². The van der Waals surface area contributed by atoms with Gasteiger partial charge in [-0.15, -0.1) is 11.6 Å². The van der Waals surface area contributed by atoms with Crippen molar-refractivity contribution in [3.8, 4) is 0 Å². The first-order chi connectivity index (χ1) is 4.61. The fraction of sp³-hybridized carbons (Fsp3) is 0.571. The van der Waals surface area contributed by atoms with Crippen molar-refractivity contribution in [3.05, 3.63) is 17.2 Å². The van der Waals surface area contributed by atoms with Crippen molar-refractivity contribution in [2.75, 3.05) is 0 Å². The van der Waals surface area contributed by atoms with Gasteiger partial charge in [-0.3, -0.25) is 0 Å². The molecule has 0 saturated heterocycles. The monoisotopic (exact) mass is 158 g/mol. The molecule has 0 amide bonds. The average molecular weight is 159 g/mol. The zero-order valence-electron chi connectivity index (χ0n) is 6.40. The van der Waals surface area contributed by atoms with Crippen molar-refractivity contribution in [1.29, 1.82) is 0 Å². The molecule has 0 aromatic carbocycles. The average Bonchev–Trinajstić information content (AvgIpc) is 2.10. The van der Waals surface area contributed by atoms with Crippen LogP contribution in [0.25, 0.3) is 0 Å². The lowest BCUT2D eigenvalue weighted by molar-refractivity contribution is 0.990. The Kier molecular flexibility index (Phi) is 2.00. The van der Waals surface area contributed by atoms with Crippen molar-refractivity contribution in [2.45, 2.75) is 26.1 Å². The Hall–Kier alpha value is -0.500. The van der Waals surface area contributed by atoms with Crippen LogP contribution in [0.5, 0.6) is 0 Å². The molecule has 1 unspecified atom stereocenters. The number of aryl methyl sites for hydroxylation is 2. The molecular formula is C7H11ClN2. The molecule has 1 heterocycles. The highest BCUT2D eigenvalue weighted by atomic mass is 35.5. The van der Waals surface area contributed by atoms with Gasteiger partial charge in [0.25, 0.3) is 0 Å². The first kappa shape index (κ1) is 7.61. The molecule has 1 N–H and O–H groups in total. The Bertz CT molecular complexity index is 228. The maximum absolute atomic E-state index is 5.84. The van der Waals surface area contributed by atoms with E-state index in [0.717, 1.165) is 17.2 Å². The van der Waals surface area contributed by atoms with E-state index in [2.05, 4.69) is 9.97 Å². The lowest BCUT2D eigenvalue weighted by Gasteiger charge is -1.96. The minimum Gasteiger partial charge on any atom is -0.346 e.